The van der Waals surface area contributed by atoms with Crippen molar-refractivity contribution in [1.29, 1.82) is 0 Å². The first-order valence-corrected chi connectivity index (χ1v) is 6.01. The molecule has 0 spiro atoms. The summed E-state index contributed by atoms with van der Waals surface area (Å²) in [6, 6.07) is 0.694. The van der Waals surface area contributed by atoms with Crippen molar-refractivity contribution in [3.8, 4) is 0 Å². The van der Waals surface area contributed by atoms with E-state index in [1.54, 1.807) is 0 Å². The van der Waals surface area contributed by atoms with Crippen LogP contribution >= 0.6 is 0 Å². The van der Waals surface area contributed by atoms with Gasteiger partial charge in [-0.2, -0.15) is 0 Å². The van der Waals surface area contributed by atoms with E-state index in [2.05, 4.69) is 19.2 Å². The third-order valence-corrected chi connectivity index (χ3v) is 3.59. The number of rotatable bonds is 4. The fraction of sp³-hybridized carbons (Fsp3) is 1.00. The Morgan fingerprint density at radius 1 is 1.29 bits per heavy atom. The Morgan fingerprint density at radius 3 is 2.57 bits per heavy atom. The number of nitrogens with one attached hydrogen (secondary N) is 1. The minimum Gasteiger partial charge on any atom is -0.393 e. The maximum Gasteiger partial charge on any atom is 0.0524 e. The highest BCUT2D eigenvalue weighted by molar-refractivity contribution is 4.79. The molecule has 0 aromatic rings. The SMILES string of the molecule is C[C@H](O)CCN[C@@H]1CC[C@H](C)[C@H](C)C1. The van der Waals surface area contributed by atoms with Crippen LogP contribution in [-0.4, -0.2) is 23.8 Å². The summed E-state index contributed by atoms with van der Waals surface area (Å²) >= 11 is 0. The summed E-state index contributed by atoms with van der Waals surface area (Å²) in [4.78, 5) is 0. The van der Waals surface area contributed by atoms with Crippen LogP contribution < -0.4 is 5.32 Å². The van der Waals surface area contributed by atoms with Gasteiger partial charge >= 0.3 is 0 Å². The molecule has 0 bridgehead atoms. The van der Waals surface area contributed by atoms with Crippen LogP contribution in [0.5, 0.6) is 0 Å². The highest BCUT2D eigenvalue weighted by atomic mass is 16.3. The Hall–Kier alpha value is -0.0800. The van der Waals surface area contributed by atoms with Crippen molar-refractivity contribution in [3.63, 3.8) is 0 Å². The zero-order valence-electron chi connectivity index (χ0n) is 9.79. The molecule has 0 amide bonds. The molecule has 0 saturated heterocycles. The Bertz CT molecular complexity index is 158. The smallest absolute Gasteiger partial charge is 0.0524 e. The van der Waals surface area contributed by atoms with Gasteiger partial charge in [0, 0.05) is 6.04 Å². The van der Waals surface area contributed by atoms with Gasteiger partial charge in [0.25, 0.3) is 0 Å². The number of aliphatic hydroxyl groups is 1. The van der Waals surface area contributed by atoms with Crippen molar-refractivity contribution in [2.75, 3.05) is 6.54 Å². The van der Waals surface area contributed by atoms with Crippen molar-refractivity contribution in [3.05, 3.63) is 0 Å². The van der Waals surface area contributed by atoms with E-state index in [0.717, 1.165) is 24.8 Å². The van der Waals surface area contributed by atoms with Crippen molar-refractivity contribution in [2.24, 2.45) is 11.8 Å². The molecule has 0 radical (unpaired) electrons. The van der Waals surface area contributed by atoms with E-state index in [0.29, 0.717) is 6.04 Å². The second-order valence-electron chi connectivity index (χ2n) is 5.06. The minimum absolute atomic E-state index is 0.164. The second kappa shape index (κ2) is 5.72. The summed E-state index contributed by atoms with van der Waals surface area (Å²) < 4.78 is 0. The summed E-state index contributed by atoms with van der Waals surface area (Å²) in [5.74, 6) is 1.75. The molecule has 2 heteroatoms. The first kappa shape index (κ1) is 12.0. The topological polar surface area (TPSA) is 32.3 Å². The molecule has 84 valence electrons. The van der Waals surface area contributed by atoms with Gasteiger partial charge in [-0.25, -0.2) is 0 Å². The molecule has 0 aromatic carbocycles. The molecule has 1 aliphatic carbocycles. The van der Waals surface area contributed by atoms with Gasteiger partial charge in [-0.05, 0) is 51.0 Å². The lowest BCUT2D eigenvalue weighted by molar-refractivity contribution is 0.174. The monoisotopic (exact) mass is 199 g/mol. The predicted molar refractivity (Wildman–Crippen MR) is 60.3 cm³/mol. The Labute approximate surface area is 88.1 Å². The molecule has 2 N–H and O–H groups in total. The van der Waals surface area contributed by atoms with Gasteiger partial charge in [-0.15, -0.1) is 0 Å². The summed E-state index contributed by atoms with van der Waals surface area (Å²) in [7, 11) is 0. The van der Waals surface area contributed by atoms with E-state index in [1.165, 1.54) is 19.3 Å². The average molecular weight is 199 g/mol. The lowest BCUT2D eigenvalue weighted by Gasteiger charge is -2.32. The van der Waals surface area contributed by atoms with Gasteiger partial charge in [0.05, 0.1) is 6.10 Å². The highest BCUT2D eigenvalue weighted by Crippen LogP contribution is 2.29. The summed E-state index contributed by atoms with van der Waals surface area (Å²) in [5.41, 5.74) is 0. The van der Waals surface area contributed by atoms with E-state index < -0.39 is 0 Å². The molecule has 0 heterocycles. The van der Waals surface area contributed by atoms with Crippen LogP contribution in [0.15, 0.2) is 0 Å². The lowest BCUT2D eigenvalue weighted by Crippen LogP contribution is -2.37. The van der Waals surface area contributed by atoms with E-state index in [4.69, 9.17) is 5.11 Å². The summed E-state index contributed by atoms with van der Waals surface area (Å²) in [6.07, 6.45) is 4.68. The number of hydrogen-bond donors (Lipinski definition) is 2. The molecule has 1 aliphatic rings. The van der Waals surface area contributed by atoms with Crippen LogP contribution in [0.3, 0.4) is 0 Å². The lowest BCUT2D eigenvalue weighted by atomic mass is 9.79. The quantitative estimate of drug-likeness (QED) is 0.727. The van der Waals surface area contributed by atoms with Gasteiger partial charge in [0.15, 0.2) is 0 Å². The maximum absolute atomic E-state index is 9.14. The first-order chi connectivity index (χ1) is 6.59. The van der Waals surface area contributed by atoms with Gasteiger partial charge in [0.1, 0.15) is 0 Å². The molecule has 1 saturated carbocycles. The molecule has 1 rings (SSSR count). The molecule has 0 unspecified atom stereocenters. The summed E-state index contributed by atoms with van der Waals surface area (Å²) in [6.45, 7) is 7.53. The first-order valence-electron chi connectivity index (χ1n) is 6.01. The predicted octanol–water partition coefficient (Wildman–Crippen LogP) is 2.17. The number of aliphatic hydroxyl groups excluding tert-OH is 1. The van der Waals surface area contributed by atoms with Gasteiger partial charge in [-0.1, -0.05) is 13.8 Å². The highest BCUT2D eigenvalue weighted by Gasteiger charge is 2.23. The molecular weight excluding hydrogens is 174 g/mol. The third kappa shape index (κ3) is 3.97. The van der Waals surface area contributed by atoms with Crippen LogP contribution in [0.2, 0.25) is 0 Å². The molecule has 0 aromatic heterocycles. The van der Waals surface area contributed by atoms with Gasteiger partial charge < -0.3 is 10.4 Å². The largest absolute Gasteiger partial charge is 0.393 e. The standard InChI is InChI=1S/C12H25NO/c1-9-4-5-12(8-10(9)2)13-7-6-11(3)14/h9-14H,4-8H2,1-3H3/t9-,10+,11-,12+/m0/s1. The van der Waals surface area contributed by atoms with Crippen molar-refractivity contribution < 1.29 is 5.11 Å². The molecule has 0 aliphatic heterocycles. The van der Waals surface area contributed by atoms with Crippen molar-refractivity contribution in [1.82, 2.24) is 5.32 Å². The Morgan fingerprint density at radius 2 is 2.00 bits per heavy atom. The van der Waals surface area contributed by atoms with E-state index in [-0.39, 0.29) is 6.10 Å². The average Bonchev–Trinajstić information content (AvgIpc) is 2.10. The number of hydrogen-bond acceptors (Lipinski definition) is 2. The molecule has 14 heavy (non-hydrogen) atoms. The third-order valence-electron chi connectivity index (χ3n) is 3.59. The fourth-order valence-electron chi connectivity index (χ4n) is 2.23. The minimum atomic E-state index is -0.164. The molecule has 4 atom stereocenters. The summed E-state index contributed by atoms with van der Waals surface area (Å²) in [5, 5.41) is 12.7. The molecule has 2 nitrogen and oxygen atoms in total. The van der Waals surface area contributed by atoms with Crippen LogP contribution in [-0.2, 0) is 0 Å². The Balaban J connectivity index is 2.13. The maximum atomic E-state index is 9.14. The van der Waals surface area contributed by atoms with E-state index in [1.807, 2.05) is 6.92 Å². The Kier molecular flexibility index (Phi) is 4.90. The fourth-order valence-corrected chi connectivity index (χ4v) is 2.23. The van der Waals surface area contributed by atoms with Crippen molar-refractivity contribution in [2.45, 2.75) is 58.6 Å². The van der Waals surface area contributed by atoms with Crippen LogP contribution in [0.1, 0.15) is 46.5 Å². The van der Waals surface area contributed by atoms with Crippen LogP contribution in [0.4, 0.5) is 0 Å². The zero-order valence-corrected chi connectivity index (χ0v) is 9.79. The van der Waals surface area contributed by atoms with E-state index in [9.17, 15) is 0 Å². The molecule has 1 fully saturated rings. The molecular formula is C12H25NO. The van der Waals surface area contributed by atoms with Crippen LogP contribution in [0.25, 0.3) is 0 Å². The van der Waals surface area contributed by atoms with Crippen LogP contribution in [0, 0.1) is 11.8 Å². The zero-order chi connectivity index (χ0) is 10.6. The van der Waals surface area contributed by atoms with Gasteiger partial charge in [0.2, 0.25) is 0 Å². The second-order valence-corrected chi connectivity index (χ2v) is 5.06. The van der Waals surface area contributed by atoms with E-state index >= 15 is 0 Å². The van der Waals surface area contributed by atoms with Gasteiger partial charge in [-0.3, -0.25) is 0 Å². The van der Waals surface area contributed by atoms with Crippen molar-refractivity contribution >= 4 is 0 Å². The normalized spacial score (nSPS) is 35.6.